The van der Waals surface area contributed by atoms with Crippen molar-refractivity contribution in [1.29, 1.82) is 0 Å². The quantitative estimate of drug-likeness (QED) is 0.664. The van der Waals surface area contributed by atoms with Gasteiger partial charge in [-0.2, -0.15) is 0 Å². The van der Waals surface area contributed by atoms with Crippen LogP contribution >= 0.6 is 0 Å². The molecule has 1 aromatic heterocycles. The highest BCUT2D eigenvalue weighted by molar-refractivity contribution is 5.80. The minimum absolute atomic E-state index is 0.220. The Hall–Kier alpha value is -2.04. The Labute approximate surface area is 72.4 Å². The van der Waals surface area contributed by atoms with E-state index in [1.165, 1.54) is 24.5 Å². The maximum atomic E-state index is 11.2. The second-order valence-electron chi connectivity index (χ2n) is 2.52. The molecule has 0 atom stereocenters. The first-order valence-electron chi connectivity index (χ1n) is 3.62. The zero-order valence-corrected chi connectivity index (χ0v) is 6.52. The van der Waals surface area contributed by atoms with Crippen LogP contribution in [0.3, 0.4) is 0 Å². The highest BCUT2D eigenvalue weighted by atomic mass is 16.3. The summed E-state index contributed by atoms with van der Waals surface area (Å²) in [6.07, 6.45) is 1.29. The number of hydrogen-bond donors (Lipinski definition) is 1. The third-order valence-corrected chi connectivity index (χ3v) is 1.73. The average molecular weight is 175 g/mol. The van der Waals surface area contributed by atoms with Crippen molar-refractivity contribution in [2.24, 2.45) is 5.18 Å². The summed E-state index contributed by atoms with van der Waals surface area (Å²) in [7, 11) is 0. The molecule has 0 unspecified atom stereocenters. The summed E-state index contributed by atoms with van der Waals surface area (Å²) in [5.41, 5.74) is 0.522. The molecule has 0 spiro atoms. The van der Waals surface area contributed by atoms with Gasteiger partial charge in [0.25, 0.3) is 5.56 Å². The topological polar surface area (TPSA) is 75.2 Å². The Bertz CT molecular complexity index is 518. The summed E-state index contributed by atoms with van der Waals surface area (Å²) in [5, 5.41) is 3.20. The van der Waals surface area contributed by atoms with Crippen molar-refractivity contribution >= 4 is 16.6 Å². The van der Waals surface area contributed by atoms with Gasteiger partial charge in [-0.1, -0.05) is 0 Å². The predicted molar refractivity (Wildman–Crippen MR) is 47.8 cm³/mol. The maximum absolute atomic E-state index is 11.2. The molecule has 5 nitrogen and oxygen atoms in total. The number of H-pyrrole nitrogens is 1. The van der Waals surface area contributed by atoms with Crippen LogP contribution in [-0.4, -0.2) is 9.97 Å². The molecule has 2 aromatic rings. The molecule has 0 saturated carbocycles. The highest BCUT2D eigenvalue weighted by Crippen LogP contribution is 2.15. The van der Waals surface area contributed by atoms with E-state index in [2.05, 4.69) is 15.1 Å². The first kappa shape index (κ1) is 7.60. The molecular formula is C8H5N3O2. The standard InChI is InChI=1S/C8H5N3O2/c12-8-6-2-1-5(11-13)3-7(6)9-4-10-8/h1-4H,(H,9,10,12). The van der Waals surface area contributed by atoms with Crippen molar-refractivity contribution in [2.75, 3.05) is 0 Å². The number of aromatic amines is 1. The van der Waals surface area contributed by atoms with E-state index in [9.17, 15) is 9.70 Å². The van der Waals surface area contributed by atoms with Crippen LogP contribution in [-0.2, 0) is 0 Å². The van der Waals surface area contributed by atoms with Crippen molar-refractivity contribution in [3.05, 3.63) is 39.8 Å². The lowest BCUT2D eigenvalue weighted by atomic mass is 10.2. The van der Waals surface area contributed by atoms with E-state index in [1.807, 2.05) is 0 Å². The van der Waals surface area contributed by atoms with Gasteiger partial charge in [0.15, 0.2) is 0 Å². The van der Waals surface area contributed by atoms with E-state index < -0.39 is 0 Å². The van der Waals surface area contributed by atoms with Crippen molar-refractivity contribution in [3.63, 3.8) is 0 Å². The molecule has 1 heterocycles. The molecule has 64 valence electrons. The van der Waals surface area contributed by atoms with Crippen LogP contribution in [0.4, 0.5) is 5.69 Å². The SMILES string of the molecule is O=Nc1ccc2c(=O)[nH]cnc2c1. The van der Waals surface area contributed by atoms with Crippen LogP contribution in [0, 0.1) is 4.91 Å². The number of rotatable bonds is 1. The summed E-state index contributed by atoms with van der Waals surface area (Å²) >= 11 is 0. The molecule has 13 heavy (non-hydrogen) atoms. The Morgan fingerprint density at radius 2 is 2.23 bits per heavy atom. The van der Waals surface area contributed by atoms with E-state index in [0.29, 0.717) is 10.9 Å². The second-order valence-corrected chi connectivity index (χ2v) is 2.52. The minimum Gasteiger partial charge on any atom is -0.313 e. The first-order chi connectivity index (χ1) is 6.31. The zero-order valence-electron chi connectivity index (χ0n) is 6.52. The van der Waals surface area contributed by atoms with Crippen molar-refractivity contribution < 1.29 is 0 Å². The summed E-state index contributed by atoms with van der Waals surface area (Å²) in [6.45, 7) is 0. The van der Waals surface area contributed by atoms with Gasteiger partial charge < -0.3 is 4.98 Å². The van der Waals surface area contributed by atoms with Crippen LogP contribution in [0.1, 0.15) is 0 Å². The van der Waals surface area contributed by atoms with E-state index in [1.54, 1.807) is 0 Å². The van der Waals surface area contributed by atoms with E-state index in [0.717, 1.165) is 0 Å². The summed E-state index contributed by atoms with van der Waals surface area (Å²) in [6, 6.07) is 4.47. The fraction of sp³-hybridized carbons (Fsp3) is 0. The van der Waals surface area contributed by atoms with Gasteiger partial charge in [-0.25, -0.2) is 4.98 Å². The first-order valence-corrected chi connectivity index (χ1v) is 3.62. The van der Waals surface area contributed by atoms with Crippen LogP contribution in [0.5, 0.6) is 0 Å². The van der Waals surface area contributed by atoms with Crippen molar-refractivity contribution in [2.45, 2.75) is 0 Å². The highest BCUT2D eigenvalue weighted by Gasteiger charge is 1.99. The van der Waals surface area contributed by atoms with E-state index in [-0.39, 0.29) is 11.2 Å². The molecule has 0 amide bonds. The van der Waals surface area contributed by atoms with Crippen LogP contribution in [0.2, 0.25) is 0 Å². The van der Waals surface area contributed by atoms with E-state index in [4.69, 9.17) is 0 Å². The normalized spacial score (nSPS) is 10.2. The third-order valence-electron chi connectivity index (χ3n) is 1.73. The second kappa shape index (κ2) is 2.78. The van der Waals surface area contributed by atoms with Gasteiger partial charge in [0, 0.05) is 0 Å². The summed E-state index contributed by atoms with van der Waals surface area (Å²) < 4.78 is 0. The molecule has 2 rings (SSSR count). The number of hydrogen-bond acceptors (Lipinski definition) is 4. The molecular weight excluding hydrogens is 170 g/mol. The fourth-order valence-corrected chi connectivity index (χ4v) is 1.11. The van der Waals surface area contributed by atoms with Crippen molar-refractivity contribution in [3.8, 4) is 0 Å². The Morgan fingerprint density at radius 1 is 1.38 bits per heavy atom. The van der Waals surface area contributed by atoms with Gasteiger partial charge in [-0.05, 0) is 23.4 Å². The Kier molecular flexibility index (Phi) is 1.63. The van der Waals surface area contributed by atoms with Crippen molar-refractivity contribution in [1.82, 2.24) is 9.97 Å². The van der Waals surface area contributed by atoms with Gasteiger partial charge in [-0.15, -0.1) is 4.91 Å². The molecule has 0 radical (unpaired) electrons. The summed E-state index contributed by atoms with van der Waals surface area (Å²) in [5.74, 6) is 0. The molecule has 1 aromatic carbocycles. The monoisotopic (exact) mass is 175 g/mol. The summed E-state index contributed by atoms with van der Waals surface area (Å²) in [4.78, 5) is 27.7. The van der Waals surface area contributed by atoms with Gasteiger partial charge in [0.05, 0.1) is 17.2 Å². The molecule has 0 saturated heterocycles. The van der Waals surface area contributed by atoms with Gasteiger partial charge in [-0.3, -0.25) is 4.79 Å². The molecule has 0 aliphatic heterocycles. The number of nitrogens with zero attached hydrogens (tertiary/aromatic N) is 2. The predicted octanol–water partition coefficient (Wildman–Crippen LogP) is 1.32. The molecule has 0 aliphatic carbocycles. The fourth-order valence-electron chi connectivity index (χ4n) is 1.11. The number of nitroso groups, excluding NO2 is 1. The Morgan fingerprint density at radius 3 is 3.00 bits per heavy atom. The lowest BCUT2D eigenvalue weighted by molar-refractivity contribution is 1.17. The molecule has 0 aliphatic rings. The minimum atomic E-state index is -0.220. The lowest BCUT2D eigenvalue weighted by Gasteiger charge is -1.94. The third kappa shape index (κ3) is 1.20. The number of fused-ring (bicyclic) bond motifs is 1. The van der Waals surface area contributed by atoms with Crippen LogP contribution < -0.4 is 5.56 Å². The Balaban J connectivity index is 2.87. The largest absolute Gasteiger partial charge is 0.313 e. The number of benzene rings is 1. The molecule has 5 heteroatoms. The number of nitrogens with one attached hydrogen (secondary N) is 1. The molecule has 0 bridgehead atoms. The van der Waals surface area contributed by atoms with Gasteiger partial charge in [0.1, 0.15) is 5.69 Å². The van der Waals surface area contributed by atoms with Crippen LogP contribution in [0.25, 0.3) is 10.9 Å². The smallest absolute Gasteiger partial charge is 0.258 e. The van der Waals surface area contributed by atoms with E-state index >= 15 is 0 Å². The molecule has 1 N–H and O–H groups in total. The van der Waals surface area contributed by atoms with Gasteiger partial charge >= 0.3 is 0 Å². The average Bonchev–Trinajstić information content (AvgIpc) is 2.18. The number of aromatic nitrogens is 2. The van der Waals surface area contributed by atoms with Crippen LogP contribution in [0.15, 0.2) is 34.5 Å². The van der Waals surface area contributed by atoms with Gasteiger partial charge in [0.2, 0.25) is 0 Å². The zero-order chi connectivity index (χ0) is 9.26. The lowest BCUT2D eigenvalue weighted by Crippen LogP contribution is -2.05. The molecule has 0 fully saturated rings. The maximum Gasteiger partial charge on any atom is 0.258 e.